The molecule has 0 unspecified atom stereocenters. The van der Waals surface area contributed by atoms with Gasteiger partial charge in [0.05, 0.1) is 11.6 Å². The van der Waals surface area contributed by atoms with Crippen LogP contribution < -0.4 is 0 Å². The maximum Gasteiger partial charge on any atom is 0.164 e. The van der Waals surface area contributed by atoms with Crippen molar-refractivity contribution in [3.8, 4) is 73.6 Å². The van der Waals surface area contributed by atoms with Gasteiger partial charge in [0.25, 0.3) is 0 Å². The van der Waals surface area contributed by atoms with E-state index in [4.69, 9.17) is 19.4 Å². The highest BCUT2D eigenvalue weighted by molar-refractivity contribution is 6.13. The Hall–Kier alpha value is -7.16. The standard InChI is InChI=1S/C49H32N4O/c1-49(2)40-19-9-8-16-37(40)44-39(18-10-20-41(44)49)48-52-46(32-24-22-31(23-25-32)35-15-7-6-14-34(35)29-50)51-47(53-48)33-26-27-38-43(28-33)54-42-21-11-17-36(45(38)42)30-12-4-3-5-13-30/h3-28H,1-2H3. The fourth-order valence-electron chi connectivity index (χ4n) is 8.15. The first-order valence-electron chi connectivity index (χ1n) is 18.1. The van der Waals surface area contributed by atoms with Gasteiger partial charge in [-0.15, -0.1) is 0 Å². The minimum atomic E-state index is -0.166. The van der Waals surface area contributed by atoms with E-state index < -0.39 is 0 Å². The molecule has 2 heterocycles. The lowest BCUT2D eigenvalue weighted by molar-refractivity contribution is 0.660. The van der Waals surface area contributed by atoms with Crippen molar-refractivity contribution < 1.29 is 4.42 Å². The van der Waals surface area contributed by atoms with Crippen LogP contribution in [-0.4, -0.2) is 15.0 Å². The van der Waals surface area contributed by atoms with Crippen molar-refractivity contribution in [2.24, 2.45) is 0 Å². The summed E-state index contributed by atoms with van der Waals surface area (Å²) in [5.41, 5.74) is 13.7. The summed E-state index contributed by atoms with van der Waals surface area (Å²) in [6.07, 6.45) is 0. The number of nitriles is 1. The van der Waals surface area contributed by atoms with Crippen LogP contribution in [0.15, 0.2) is 162 Å². The van der Waals surface area contributed by atoms with Gasteiger partial charge >= 0.3 is 0 Å². The largest absolute Gasteiger partial charge is 0.456 e. The summed E-state index contributed by atoms with van der Waals surface area (Å²) in [6.45, 7) is 4.56. The molecule has 0 saturated carbocycles. The minimum Gasteiger partial charge on any atom is -0.456 e. The summed E-state index contributed by atoms with van der Waals surface area (Å²) in [6, 6.07) is 56.0. The molecule has 7 aromatic carbocycles. The van der Waals surface area contributed by atoms with Crippen LogP contribution in [0.4, 0.5) is 0 Å². The summed E-state index contributed by atoms with van der Waals surface area (Å²) in [4.78, 5) is 15.5. The van der Waals surface area contributed by atoms with Crippen LogP contribution in [-0.2, 0) is 5.41 Å². The lowest BCUT2D eigenvalue weighted by Crippen LogP contribution is -2.14. The molecule has 5 heteroatoms. The number of hydrogen-bond acceptors (Lipinski definition) is 5. The molecule has 1 aliphatic carbocycles. The molecule has 9 aromatic rings. The predicted molar refractivity (Wildman–Crippen MR) is 217 cm³/mol. The van der Waals surface area contributed by atoms with Gasteiger partial charge in [-0.1, -0.05) is 147 Å². The van der Waals surface area contributed by atoms with Gasteiger partial charge in [-0.3, -0.25) is 0 Å². The summed E-state index contributed by atoms with van der Waals surface area (Å²) < 4.78 is 6.51. The van der Waals surface area contributed by atoms with E-state index in [2.05, 4.69) is 105 Å². The highest BCUT2D eigenvalue weighted by Gasteiger charge is 2.37. The molecule has 0 spiro atoms. The van der Waals surface area contributed by atoms with E-state index in [0.29, 0.717) is 23.0 Å². The van der Waals surface area contributed by atoms with Crippen molar-refractivity contribution in [3.05, 3.63) is 174 Å². The summed E-state index contributed by atoms with van der Waals surface area (Å²) in [7, 11) is 0. The van der Waals surface area contributed by atoms with Crippen LogP contribution in [0.3, 0.4) is 0 Å². The van der Waals surface area contributed by atoms with Crippen LogP contribution in [0.1, 0.15) is 30.5 Å². The molecular weight excluding hydrogens is 661 g/mol. The van der Waals surface area contributed by atoms with E-state index in [1.54, 1.807) is 0 Å². The third kappa shape index (κ3) is 4.96. The zero-order valence-corrected chi connectivity index (χ0v) is 29.7. The molecule has 0 saturated heterocycles. The van der Waals surface area contributed by atoms with E-state index >= 15 is 0 Å². The number of furan rings is 1. The second-order valence-electron chi connectivity index (χ2n) is 14.3. The SMILES string of the molecule is CC1(C)c2ccccc2-c2c(-c3nc(-c4ccc(-c5ccccc5C#N)cc4)nc(-c4ccc5c(c4)oc4cccc(-c6ccccc6)c45)n3)cccc21. The lowest BCUT2D eigenvalue weighted by atomic mass is 9.82. The zero-order chi connectivity index (χ0) is 36.4. The van der Waals surface area contributed by atoms with Crippen molar-refractivity contribution >= 4 is 21.9 Å². The number of nitrogens with zero attached hydrogens (tertiary/aromatic N) is 4. The lowest BCUT2D eigenvalue weighted by Gasteiger charge is -2.21. The van der Waals surface area contributed by atoms with Crippen LogP contribution in [0.5, 0.6) is 0 Å². The predicted octanol–water partition coefficient (Wildman–Crippen LogP) is 12.3. The number of fused-ring (bicyclic) bond motifs is 6. The third-order valence-corrected chi connectivity index (χ3v) is 10.8. The molecule has 54 heavy (non-hydrogen) atoms. The fourth-order valence-corrected chi connectivity index (χ4v) is 8.15. The van der Waals surface area contributed by atoms with E-state index in [0.717, 1.165) is 66.4 Å². The van der Waals surface area contributed by atoms with Gasteiger partial charge in [0, 0.05) is 32.9 Å². The Bertz CT molecular complexity index is 2970. The number of hydrogen-bond donors (Lipinski definition) is 0. The zero-order valence-electron chi connectivity index (χ0n) is 29.7. The van der Waals surface area contributed by atoms with Gasteiger partial charge in [0.2, 0.25) is 0 Å². The molecule has 1 aliphatic rings. The molecule has 10 rings (SSSR count). The smallest absolute Gasteiger partial charge is 0.164 e. The maximum atomic E-state index is 9.74. The molecule has 0 N–H and O–H groups in total. The van der Waals surface area contributed by atoms with Crippen LogP contribution in [0, 0.1) is 11.3 Å². The Morgan fingerprint density at radius 2 is 1.07 bits per heavy atom. The highest BCUT2D eigenvalue weighted by Crippen LogP contribution is 2.51. The van der Waals surface area contributed by atoms with Crippen molar-refractivity contribution in [2.45, 2.75) is 19.3 Å². The molecule has 2 aromatic heterocycles. The molecule has 0 aliphatic heterocycles. The Morgan fingerprint density at radius 1 is 0.481 bits per heavy atom. The van der Waals surface area contributed by atoms with Gasteiger partial charge in [-0.25, -0.2) is 15.0 Å². The van der Waals surface area contributed by atoms with Gasteiger partial charge in [-0.05, 0) is 68.8 Å². The van der Waals surface area contributed by atoms with E-state index in [-0.39, 0.29) is 5.41 Å². The Labute approximate surface area is 312 Å². The topological polar surface area (TPSA) is 75.6 Å². The molecule has 0 atom stereocenters. The molecule has 0 fully saturated rings. The summed E-state index contributed by atoms with van der Waals surface area (Å²) in [5, 5.41) is 11.9. The van der Waals surface area contributed by atoms with E-state index in [1.165, 1.54) is 16.7 Å². The minimum absolute atomic E-state index is 0.166. The second kappa shape index (κ2) is 12.2. The Balaban J connectivity index is 1.16. The molecule has 0 amide bonds. The average molecular weight is 693 g/mol. The monoisotopic (exact) mass is 692 g/mol. The maximum absolute atomic E-state index is 9.74. The van der Waals surface area contributed by atoms with Crippen LogP contribution in [0.2, 0.25) is 0 Å². The first-order valence-corrected chi connectivity index (χ1v) is 18.1. The number of rotatable bonds is 5. The van der Waals surface area contributed by atoms with Crippen LogP contribution >= 0.6 is 0 Å². The molecule has 5 nitrogen and oxygen atoms in total. The average Bonchev–Trinajstić information content (AvgIpc) is 3.72. The van der Waals surface area contributed by atoms with Crippen molar-refractivity contribution in [1.82, 2.24) is 15.0 Å². The number of aromatic nitrogens is 3. The van der Waals surface area contributed by atoms with E-state index in [1.807, 2.05) is 72.8 Å². The van der Waals surface area contributed by atoms with Gasteiger partial charge in [0.15, 0.2) is 17.5 Å². The van der Waals surface area contributed by atoms with E-state index in [9.17, 15) is 5.26 Å². The molecule has 0 bridgehead atoms. The summed E-state index contributed by atoms with van der Waals surface area (Å²) >= 11 is 0. The van der Waals surface area contributed by atoms with Crippen molar-refractivity contribution in [1.29, 1.82) is 5.26 Å². The summed E-state index contributed by atoms with van der Waals surface area (Å²) in [5.74, 6) is 1.73. The first kappa shape index (κ1) is 31.6. The van der Waals surface area contributed by atoms with Gasteiger partial charge < -0.3 is 4.42 Å². The highest BCUT2D eigenvalue weighted by atomic mass is 16.3. The Morgan fingerprint density at radius 3 is 1.89 bits per heavy atom. The van der Waals surface area contributed by atoms with Crippen molar-refractivity contribution in [3.63, 3.8) is 0 Å². The second-order valence-corrected chi connectivity index (χ2v) is 14.3. The molecular formula is C49H32N4O. The van der Waals surface area contributed by atoms with Crippen molar-refractivity contribution in [2.75, 3.05) is 0 Å². The third-order valence-electron chi connectivity index (χ3n) is 10.8. The number of benzene rings is 7. The van der Waals surface area contributed by atoms with Gasteiger partial charge in [0.1, 0.15) is 11.2 Å². The first-order chi connectivity index (χ1) is 26.5. The molecule has 254 valence electrons. The van der Waals surface area contributed by atoms with Gasteiger partial charge in [-0.2, -0.15) is 5.26 Å². The Kier molecular flexibility index (Phi) is 7.14. The van der Waals surface area contributed by atoms with Crippen LogP contribution in [0.25, 0.3) is 89.5 Å². The quantitative estimate of drug-likeness (QED) is 0.179. The fraction of sp³-hybridized carbons (Fsp3) is 0.0612. The normalized spacial score (nSPS) is 12.8. The molecule has 0 radical (unpaired) electrons.